The lowest BCUT2D eigenvalue weighted by Gasteiger charge is -2.14. The number of benzene rings is 2. The third-order valence-electron chi connectivity index (χ3n) is 5.39. The van der Waals surface area contributed by atoms with Crippen molar-refractivity contribution in [1.29, 1.82) is 0 Å². The van der Waals surface area contributed by atoms with Crippen molar-refractivity contribution in [3.05, 3.63) is 63.2 Å². The van der Waals surface area contributed by atoms with Crippen LogP contribution in [0.2, 0.25) is 0 Å². The summed E-state index contributed by atoms with van der Waals surface area (Å²) in [6.07, 6.45) is 4.05. The van der Waals surface area contributed by atoms with Gasteiger partial charge in [0.2, 0.25) is 0 Å². The first-order valence-electron chi connectivity index (χ1n) is 10.1. The highest BCUT2D eigenvalue weighted by Crippen LogP contribution is 2.32. The molecule has 0 heterocycles. The van der Waals surface area contributed by atoms with Gasteiger partial charge in [0.1, 0.15) is 5.69 Å². The molecule has 8 heteroatoms. The van der Waals surface area contributed by atoms with Crippen molar-refractivity contribution >= 4 is 28.9 Å². The summed E-state index contributed by atoms with van der Waals surface area (Å²) >= 11 is 0. The summed E-state index contributed by atoms with van der Waals surface area (Å²) in [4.78, 5) is 35.7. The fourth-order valence-electron chi connectivity index (χ4n) is 3.55. The minimum Gasteiger partial charge on any atom is -0.449 e. The van der Waals surface area contributed by atoms with Gasteiger partial charge in [0, 0.05) is 17.8 Å². The molecule has 8 nitrogen and oxygen atoms in total. The van der Waals surface area contributed by atoms with Crippen molar-refractivity contribution in [1.82, 2.24) is 0 Å². The topological polar surface area (TPSA) is 111 Å². The van der Waals surface area contributed by atoms with Crippen LogP contribution in [-0.2, 0) is 22.4 Å². The molecule has 0 spiro atoms. The molecular weight excluding hydrogens is 386 g/mol. The van der Waals surface area contributed by atoms with Crippen molar-refractivity contribution in [2.24, 2.45) is 0 Å². The standard InChI is InChI=1S/C22H23N3O5/c1-13(21(26)24-18-7-5-14-3-2-4-15(14)11-18)30-22(27)16-6-10-19(23-17-8-9-17)20(12-16)25(28)29/h5-7,10-13,17,23H,2-4,8-9H2,1H3,(H,24,26)/t13-/m1/s1. The Morgan fingerprint density at radius 2 is 1.90 bits per heavy atom. The molecule has 1 saturated carbocycles. The summed E-state index contributed by atoms with van der Waals surface area (Å²) in [5, 5.41) is 17.2. The maximum absolute atomic E-state index is 12.4. The van der Waals surface area contributed by atoms with Crippen LogP contribution in [0.4, 0.5) is 17.1 Å². The second-order valence-corrected chi connectivity index (χ2v) is 7.78. The number of carbonyl (C=O) groups excluding carboxylic acids is 2. The van der Waals surface area contributed by atoms with Crippen LogP contribution >= 0.6 is 0 Å². The largest absolute Gasteiger partial charge is 0.449 e. The number of nitrogens with zero attached hydrogens (tertiary/aromatic N) is 1. The quantitative estimate of drug-likeness (QED) is 0.408. The minimum absolute atomic E-state index is 0.0280. The maximum Gasteiger partial charge on any atom is 0.339 e. The van der Waals surface area contributed by atoms with Crippen LogP contribution in [0.15, 0.2) is 36.4 Å². The van der Waals surface area contributed by atoms with Gasteiger partial charge in [0.15, 0.2) is 6.10 Å². The molecule has 30 heavy (non-hydrogen) atoms. The Labute approximate surface area is 173 Å². The number of nitro benzene ring substituents is 1. The number of carbonyl (C=O) groups is 2. The zero-order chi connectivity index (χ0) is 21.3. The highest BCUT2D eigenvalue weighted by Gasteiger charge is 2.27. The number of hydrogen-bond acceptors (Lipinski definition) is 6. The average Bonchev–Trinajstić information content (AvgIpc) is 3.41. The van der Waals surface area contributed by atoms with Gasteiger partial charge in [0.25, 0.3) is 11.6 Å². The first-order chi connectivity index (χ1) is 14.4. The van der Waals surface area contributed by atoms with Crippen LogP contribution in [0.25, 0.3) is 0 Å². The molecule has 0 saturated heterocycles. The number of nitrogens with one attached hydrogen (secondary N) is 2. The smallest absolute Gasteiger partial charge is 0.339 e. The van der Waals surface area contributed by atoms with E-state index in [1.807, 2.05) is 18.2 Å². The third-order valence-corrected chi connectivity index (χ3v) is 5.39. The number of esters is 1. The van der Waals surface area contributed by atoms with Gasteiger partial charge in [-0.05, 0) is 74.4 Å². The number of anilines is 2. The molecule has 2 N–H and O–H groups in total. The van der Waals surface area contributed by atoms with Crippen molar-refractivity contribution in [3.8, 4) is 0 Å². The molecule has 0 aliphatic heterocycles. The number of fused-ring (bicyclic) bond motifs is 1. The predicted molar refractivity (Wildman–Crippen MR) is 112 cm³/mol. The maximum atomic E-state index is 12.4. The molecule has 2 aromatic rings. The Morgan fingerprint density at radius 1 is 1.13 bits per heavy atom. The first kappa shape index (κ1) is 19.9. The monoisotopic (exact) mass is 409 g/mol. The van der Waals surface area contributed by atoms with Crippen LogP contribution in [0.1, 0.15) is 47.7 Å². The van der Waals surface area contributed by atoms with Crippen molar-refractivity contribution in [2.75, 3.05) is 10.6 Å². The van der Waals surface area contributed by atoms with E-state index in [-0.39, 0.29) is 17.3 Å². The van der Waals surface area contributed by atoms with Gasteiger partial charge in [-0.2, -0.15) is 0 Å². The summed E-state index contributed by atoms with van der Waals surface area (Å²) in [6.45, 7) is 1.47. The molecular formula is C22H23N3O5. The van der Waals surface area contributed by atoms with E-state index >= 15 is 0 Å². The van der Waals surface area contributed by atoms with Crippen molar-refractivity contribution < 1.29 is 19.2 Å². The minimum atomic E-state index is -1.05. The Hall–Kier alpha value is -3.42. The van der Waals surface area contributed by atoms with Crippen LogP contribution in [0.3, 0.4) is 0 Å². The van der Waals surface area contributed by atoms with Gasteiger partial charge in [-0.15, -0.1) is 0 Å². The Morgan fingerprint density at radius 3 is 2.63 bits per heavy atom. The molecule has 2 aliphatic carbocycles. The number of nitro groups is 1. The second-order valence-electron chi connectivity index (χ2n) is 7.78. The molecule has 2 aromatic carbocycles. The normalized spacial score (nSPS) is 15.8. The van der Waals surface area contributed by atoms with Crippen molar-refractivity contribution in [3.63, 3.8) is 0 Å². The van der Waals surface area contributed by atoms with Gasteiger partial charge in [-0.3, -0.25) is 14.9 Å². The molecule has 2 aliphatic rings. The molecule has 1 amide bonds. The van der Waals surface area contributed by atoms with E-state index in [9.17, 15) is 19.7 Å². The number of hydrogen-bond donors (Lipinski definition) is 2. The van der Waals surface area contributed by atoms with Crippen LogP contribution < -0.4 is 10.6 Å². The highest BCUT2D eigenvalue weighted by atomic mass is 16.6. The van der Waals surface area contributed by atoms with E-state index in [1.165, 1.54) is 36.2 Å². The van der Waals surface area contributed by atoms with E-state index in [0.717, 1.165) is 32.1 Å². The fourth-order valence-corrected chi connectivity index (χ4v) is 3.55. The lowest BCUT2D eigenvalue weighted by molar-refractivity contribution is -0.384. The lowest BCUT2D eigenvalue weighted by Crippen LogP contribution is -2.30. The first-order valence-corrected chi connectivity index (χ1v) is 10.1. The van der Waals surface area contributed by atoms with Crippen molar-refractivity contribution in [2.45, 2.75) is 51.2 Å². The molecule has 1 fully saturated rings. The number of rotatable bonds is 7. The third kappa shape index (κ3) is 4.42. The van der Waals surface area contributed by atoms with Gasteiger partial charge in [0.05, 0.1) is 10.5 Å². The zero-order valence-corrected chi connectivity index (χ0v) is 16.6. The fraction of sp³-hybridized carbons (Fsp3) is 0.364. The van der Waals surface area contributed by atoms with E-state index < -0.39 is 22.9 Å². The van der Waals surface area contributed by atoms with Gasteiger partial charge in [-0.25, -0.2) is 4.79 Å². The van der Waals surface area contributed by atoms with E-state index in [0.29, 0.717) is 11.4 Å². The zero-order valence-electron chi connectivity index (χ0n) is 16.6. The lowest BCUT2D eigenvalue weighted by atomic mass is 10.1. The van der Waals surface area contributed by atoms with Crippen LogP contribution in [0.5, 0.6) is 0 Å². The summed E-state index contributed by atoms with van der Waals surface area (Å²) in [6, 6.07) is 10.2. The number of aryl methyl sites for hydroxylation is 2. The molecule has 1 atom stereocenters. The molecule has 0 bridgehead atoms. The van der Waals surface area contributed by atoms with Crippen LogP contribution in [-0.4, -0.2) is 28.9 Å². The summed E-state index contributed by atoms with van der Waals surface area (Å²) in [5.74, 6) is -1.24. The highest BCUT2D eigenvalue weighted by molar-refractivity contribution is 5.98. The summed E-state index contributed by atoms with van der Waals surface area (Å²) in [7, 11) is 0. The van der Waals surface area contributed by atoms with Gasteiger partial charge >= 0.3 is 5.97 Å². The molecule has 156 valence electrons. The van der Waals surface area contributed by atoms with E-state index in [4.69, 9.17) is 4.74 Å². The predicted octanol–water partition coefficient (Wildman–Crippen LogP) is 3.84. The average molecular weight is 409 g/mol. The SMILES string of the molecule is C[C@@H](OC(=O)c1ccc(NC2CC2)c([N+](=O)[O-])c1)C(=O)Nc1ccc2c(c1)CCC2. The van der Waals surface area contributed by atoms with Gasteiger partial charge in [-0.1, -0.05) is 6.07 Å². The Kier molecular flexibility index (Phi) is 5.39. The van der Waals surface area contributed by atoms with E-state index in [1.54, 1.807) is 0 Å². The Balaban J connectivity index is 1.40. The summed E-state index contributed by atoms with van der Waals surface area (Å²) in [5.41, 5.74) is 3.40. The van der Waals surface area contributed by atoms with Crippen LogP contribution in [0, 0.1) is 10.1 Å². The van der Waals surface area contributed by atoms with Gasteiger partial charge < -0.3 is 15.4 Å². The van der Waals surface area contributed by atoms with E-state index in [2.05, 4.69) is 10.6 Å². The molecule has 0 unspecified atom stereocenters. The summed E-state index contributed by atoms with van der Waals surface area (Å²) < 4.78 is 5.24. The second kappa shape index (κ2) is 8.14. The molecule has 0 radical (unpaired) electrons. The molecule has 4 rings (SSSR count). The molecule has 0 aromatic heterocycles. The number of amides is 1. The Bertz CT molecular complexity index is 1020. The number of ether oxygens (including phenoxy) is 1.